The number of nitrogens with zero attached hydrogens (tertiary/aromatic N) is 2. The lowest BCUT2D eigenvalue weighted by atomic mass is 10.0. The van der Waals surface area contributed by atoms with E-state index in [0.717, 1.165) is 12.8 Å². The molecular formula is C23H25N3O5. The Bertz CT molecular complexity index is 1020. The molecule has 8 heteroatoms. The molecule has 0 atom stereocenters. The standard InChI is InChI=1S/C23H25N3O5/c1-4-5-12-26-22(29)18-11-6-15(13-19(18)23(26)30)21(28)25(2)14-20(27)24-16-7-9-17(31-3)10-8-16/h6-11,13H,4-5,12,14H2,1-3H3,(H,24,27). The maximum Gasteiger partial charge on any atom is 0.261 e. The molecule has 0 bridgehead atoms. The number of benzene rings is 2. The van der Waals surface area contributed by atoms with Crippen LogP contribution in [0.25, 0.3) is 0 Å². The van der Waals surface area contributed by atoms with Crippen molar-refractivity contribution in [1.82, 2.24) is 9.80 Å². The number of carbonyl (C=O) groups excluding carboxylic acids is 4. The third-order valence-corrected chi connectivity index (χ3v) is 5.05. The number of methoxy groups -OCH3 is 1. The van der Waals surface area contributed by atoms with Crippen LogP contribution in [0.2, 0.25) is 0 Å². The summed E-state index contributed by atoms with van der Waals surface area (Å²) in [5.74, 6) is -0.829. The van der Waals surface area contributed by atoms with Gasteiger partial charge in [-0.2, -0.15) is 0 Å². The minimum atomic E-state index is -0.417. The fraction of sp³-hybridized carbons (Fsp3) is 0.304. The summed E-state index contributed by atoms with van der Waals surface area (Å²) in [7, 11) is 3.06. The number of amides is 4. The lowest BCUT2D eigenvalue weighted by Gasteiger charge is -2.17. The number of anilines is 1. The van der Waals surface area contributed by atoms with Gasteiger partial charge in [0.15, 0.2) is 0 Å². The molecule has 0 unspecified atom stereocenters. The van der Waals surface area contributed by atoms with Crippen molar-refractivity contribution in [2.75, 3.05) is 32.6 Å². The van der Waals surface area contributed by atoms with Crippen molar-refractivity contribution in [2.24, 2.45) is 0 Å². The SMILES string of the molecule is CCCCN1C(=O)c2ccc(C(=O)N(C)CC(=O)Nc3ccc(OC)cc3)cc2C1=O. The van der Waals surface area contributed by atoms with Gasteiger partial charge >= 0.3 is 0 Å². The summed E-state index contributed by atoms with van der Waals surface area (Å²) >= 11 is 0. The molecule has 0 saturated heterocycles. The lowest BCUT2D eigenvalue weighted by molar-refractivity contribution is -0.116. The molecule has 1 N–H and O–H groups in total. The second kappa shape index (κ2) is 9.42. The van der Waals surface area contributed by atoms with E-state index in [9.17, 15) is 19.2 Å². The van der Waals surface area contributed by atoms with Crippen LogP contribution in [0.15, 0.2) is 42.5 Å². The highest BCUT2D eigenvalue weighted by Crippen LogP contribution is 2.25. The van der Waals surface area contributed by atoms with Crippen LogP contribution in [0.1, 0.15) is 50.8 Å². The van der Waals surface area contributed by atoms with Crippen LogP contribution in [-0.4, -0.2) is 60.7 Å². The smallest absolute Gasteiger partial charge is 0.261 e. The number of imide groups is 1. The first kappa shape index (κ1) is 22.0. The molecule has 1 heterocycles. The number of ether oxygens (including phenoxy) is 1. The minimum Gasteiger partial charge on any atom is -0.497 e. The molecule has 162 valence electrons. The highest BCUT2D eigenvalue weighted by Gasteiger charge is 2.35. The second-order valence-electron chi connectivity index (χ2n) is 7.31. The van der Waals surface area contributed by atoms with Gasteiger partial charge in [-0.15, -0.1) is 0 Å². The first-order chi connectivity index (χ1) is 14.8. The van der Waals surface area contributed by atoms with E-state index in [1.165, 1.54) is 35.0 Å². The van der Waals surface area contributed by atoms with Crippen LogP contribution in [0.4, 0.5) is 5.69 Å². The van der Waals surface area contributed by atoms with E-state index >= 15 is 0 Å². The highest BCUT2D eigenvalue weighted by atomic mass is 16.5. The van der Waals surface area contributed by atoms with Crippen molar-refractivity contribution in [3.8, 4) is 5.75 Å². The van der Waals surface area contributed by atoms with Gasteiger partial charge in [0.05, 0.1) is 24.8 Å². The van der Waals surface area contributed by atoms with Crippen LogP contribution in [0, 0.1) is 0 Å². The minimum absolute atomic E-state index is 0.169. The number of likely N-dealkylation sites (N-methyl/N-ethyl adjacent to an activating group) is 1. The van der Waals surface area contributed by atoms with Gasteiger partial charge in [-0.05, 0) is 48.9 Å². The zero-order valence-corrected chi connectivity index (χ0v) is 17.8. The number of hydrogen-bond acceptors (Lipinski definition) is 5. The number of nitrogens with one attached hydrogen (secondary N) is 1. The molecule has 2 aromatic carbocycles. The van der Waals surface area contributed by atoms with Gasteiger partial charge in [-0.3, -0.25) is 24.1 Å². The van der Waals surface area contributed by atoms with Gasteiger partial charge in [0.25, 0.3) is 17.7 Å². The van der Waals surface area contributed by atoms with Gasteiger partial charge in [0.2, 0.25) is 5.91 Å². The Morgan fingerprint density at radius 3 is 2.35 bits per heavy atom. The van der Waals surface area contributed by atoms with E-state index in [1.54, 1.807) is 31.4 Å². The quantitative estimate of drug-likeness (QED) is 0.659. The summed E-state index contributed by atoms with van der Waals surface area (Å²) in [6.45, 7) is 2.17. The molecule has 2 aromatic rings. The molecule has 3 rings (SSSR count). The predicted molar refractivity (Wildman–Crippen MR) is 115 cm³/mol. The number of carbonyl (C=O) groups is 4. The van der Waals surface area contributed by atoms with Gasteiger partial charge in [0.1, 0.15) is 5.75 Å². The molecule has 1 aliphatic rings. The molecule has 0 fully saturated rings. The van der Waals surface area contributed by atoms with Gasteiger partial charge in [-0.1, -0.05) is 13.3 Å². The molecule has 0 aliphatic carbocycles. The molecular weight excluding hydrogens is 398 g/mol. The normalized spacial score (nSPS) is 12.5. The number of hydrogen-bond donors (Lipinski definition) is 1. The van der Waals surface area contributed by atoms with Crippen molar-refractivity contribution in [1.29, 1.82) is 0 Å². The zero-order chi connectivity index (χ0) is 22.5. The molecule has 0 aromatic heterocycles. The average molecular weight is 423 g/mol. The van der Waals surface area contributed by atoms with Crippen LogP contribution < -0.4 is 10.1 Å². The fourth-order valence-corrected chi connectivity index (χ4v) is 3.33. The molecule has 0 spiro atoms. The van der Waals surface area contributed by atoms with E-state index in [1.807, 2.05) is 6.92 Å². The summed E-state index contributed by atoms with van der Waals surface area (Å²) < 4.78 is 5.08. The Morgan fingerprint density at radius 1 is 1.03 bits per heavy atom. The lowest BCUT2D eigenvalue weighted by Crippen LogP contribution is -2.35. The summed E-state index contributed by atoms with van der Waals surface area (Å²) in [4.78, 5) is 52.6. The summed E-state index contributed by atoms with van der Waals surface area (Å²) in [5.41, 5.74) is 1.36. The maximum absolute atomic E-state index is 12.8. The number of rotatable bonds is 8. The van der Waals surface area contributed by atoms with Crippen molar-refractivity contribution in [3.63, 3.8) is 0 Å². The van der Waals surface area contributed by atoms with Gasteiger partial charge < -0.3 is 15.0 Å². The van der Waals surface area contributed by atoms with Crippen LogP contribution in [0.3, 0.4) is 0 Å². The van der Waals surface area contributed by atoms with Crippen LogP contribution in [0.5, 0.6) is 5.75 Å². The van der Waals surface area contributed by atoms with Crippen molar-refractivity contribution in [3.05, 3.63) is 59.2 Å². The first-order valence-corrected chi connectivity index (χ1v) is 10.0. The second-order valence-corrected chi connectivity index (χ2v) is 7.31. The Labute approximate surface area is 180 Å². The van der Waals surface area contributed by atoms with Crippen LogP contribution >= 0.6 is 0 Å². The van der Waals surface area contributed by atoms with E-state index in [4.69, 9.17) is 4.74 Å². The number of unbranched alkanes of at least 4 members (excludes halogenated alkanes) is 1. The molecule has 4 amide bonds. The zero-order valence-electron chi connectivity index (χ0n) is 17.8. The fourth-order valence-electron chi connectivity index (χ4n) is 3.33. The Morgan fingerprint density at radius 2 is 1.71 bits per heavy atom. The third kappa shape index (κ3) is 4.74. The Balaban J connectivity index is 1.66. The van der Waals surface area contributed by atoms with Gasteiger partial charge in [-0.25, -0.2) is 0 Å². The monoisotopic (exact) mass is 423 g/mol. The van der Waals surface area contributed by atoms with Crippen LogP contribution in [-0.2, 0) is 4.79 Å². The maximum atomic E-state index is 12.8. The van der Waals surface area contributed by atoms with E-state index in [2.05, 4.69) is 5.32 Å². The Kier molecular flexibility index (Phi) is 6.69. The average Bonchev–Trinajstić information content (AvgIpc) is 3.01. The molecule has 0 saturated carbocycles. The molecule has 31 heavy (non-hydrogen) atoms. The van der Waals surface area contributed by atoms with E-state index in [0.29, 0.717) is 23.5 Å². The molecule has 1 aliphatic heterocycles. The van der Waals surface area contributed by atoms with Crippen molar-refractivity contribution in [2.45, 2.75) is 19.8 Å². The summed E-state index contributed by atoms with van der Waals surface area (Å²) in [5, 5.41) is 2.72. The van der Waals surface area contributed by atoms with Crippen molar-refractivity contribution >= 4 is 29.3 Å². The largest absolute Gasteiger partial charge is 0.497 e. The Hall–Kier alpha value is -3.68. The third-order valence-electron chi connectivity index (χ3n) is 5.05. The topological polar surface area (TPSA) is 96.0 Å². The van der Waals surface area contributed by atoms with E-state index < -0.39 is 5.91 Å². The number of fused-ring (bicyclic) bond motifs is 1. The predicted octanol–water partition coefficient (Wildman–Crippen LogP) is 2.80. The summed E-state index contributed by atoms with van der Waals surface area (Å²) in [6.07, 6.45) is 1.59. The summed E-state index contributed by atoms with van der Waals surface area (Å²) in [6, 6.07) is 11.3. The molecule has 0 radical (unpaired) electrons. The van der Waals surface area contributed by atoms with Gasteiger partial charge in [0, 0.05) is 24.8 Å². The van der Waals surface area contributed by atoms with E-state index in [-0.39, 0.29) is 35.4 Å². The first-order valence-electron chi connectivity index (χ1n) is 10.0. The van der Waals surface area contributed by atoms with Crippen molar-refractivity contribution < 1.29 is 23.9 Å². The highest BCUT2D eigenvalue weighted by molar-refractivity contribution is 6.22. The molecule has 8 nitrogen and oxygen atoms in total.